The van der Waals surface area contributed by atoms with E-state index < -0.39 is 18.3 Å². The van der Waals surface area contributed by atoms with E-state index in [0.29, 0.717) is 22.6 Å². The van der Waals surface area contributed by atoms with E-state index in [1.165, 1.54) is 0 Å². The molecule has 0 aliphatic rings. The number of nitrogens with one attached hydrogen (secondary N) is 2. The molecule has 154 valence electrons. The van der Waals surface area contributed by atoms with Crippen LogP contribution in [-0.4, -0.2) is 50.2 Å². The molecule has 0 unspecified atom stereocenters. The Morgan fingerprint density at radius 1 is 1.37 bits per heavy atom. The number of nitriles is 1. The van der Waals surface area contributed by atoms with Crippen LogP contribution in [-0.2, 0) is 14.3 Å². The zero-order chi connectivity index (χ0) is 21.5. The molecular weight excluding hydrogens is 410 g/mol. The largest absolute Gasteiger partial charge is 0.507 e. The van der Waals surface area contributed by atoms with Crippen LogP contribution in [0.4, 0.5) is 5.82 Å². The Balaban J connectivity index is 1.48. The van der Waals surface area contributed by atoms with Crippen LogP contribution in [0.25, 0.3) is 16.6 Å². The fourth-order valence-corrected chi connectivity index (χ4v) is 3.03. The van der Waals surface area contributed by atoms with Crippen molar-refractivity contribution in [3.63, 3.8) is 0 Å². The van der Waals surface area contributed by atoms with E-state index >= 15 is 0 Å². The van der Waals surface area contributed by atoms with Crippen LogP contribution in [0.5, 0.6) is 0 Å². The first-order valence-corrected chi connectivity index (χ1v) is 9.85. The Morgan fingerprint density at radius 3 is 2.87 bits per heavy atom. The molecule has 0 saturated heterocycles. The predicted molar refractivity (Wildman–Crippen MR) is 109 cm³/mol. The standard InChI is InChI=1S/C19H17N5O5S/c1-11-6-16(24-29-11)23-17(26)9-30-10-18(27)28-8-15(25)12(7-20)19-21-13-4-2-3-5-14(13)22-19/h2-6,25H,8-10H2,1H3,(H,21,22)(H,23,24,26). The number of esters is 1. The van der Waals surface area contributed by atoms with Gasteiger partial charge in [0.15, 0.2) is 17.4 Å². The topological polar surface area (TPSA) is 154 Å². The van der Waals surface area contributed by atoms with Gasteiger partial charge in [-0.05, 0) is 19.1 Å². The van der Waals surface area contributed by atoms with Crippen molar-refractivity contribution in [1.82, 2.24) is 15.1 Å². The van der Waals surface area contributed by atoms with E-state index in [4.69, 9.17) is 9.26 Å². The Hall–Kier alpha value is -3.78. The van der Waals surface area contributed by atoms with Crippen LogP contribution in [0.1, 0.15) is 11.6 Å². The molecule has 1 aromatic carbocycles. The maximum atomic E-state index is 11.8. The minimum atomic E-state index is -0.640. The van der Waals surface area contributed by atoms with Crippen LogP contribution >= 0.6 is 11.8 Å². The van der Waals surface area contributed by atoms with Crippen molar-refractivity contribution >= 4 is 46.1 Å². The number of allylic oxidation sites excluding steroid dienone is 1. The zero-order valence-electron chi connectivity index (χ0n) is 15.8. The molecule has 11 heteroatoms. The number of thioether (sulfide) groups is 1. The number of nitrogens with zero attached hydrogens (tertiary/aromatic N) is 3. The summed E-state index contributed by atoms with van der Waals surface area (Å²) < 4.78 is 9.80. The lowest BCUT2D eigenvalue weighted by molar-refractivity contribution is -0.140. The summed E-state index contributed by atoms with van der Waals surface area (Å²) in [6.45, 7) is 1.22. The second kappa shape index (κ2) is 9.62. The molecule has 2 heterocycles. The summed E-state index contributed by atoms with van der Waals surface area (Å²) in [7, 11) is 0. The predicted octanol–water partition coefficient (Wildman–Crippen LogP) is 2.57. The first-order valence-electron chi connectivity index (χ1n) is 8.70. The number of aromatic nitrogens is 3. The highest BCUT2D eigenvalue weighted by Crippen LogP contribution is 2.19. The number of benzene rings is 1. The Morgan fingerprint density at radius 2 is 2.17 bits per heavy atom. The Labute approximate surface area is 174 Å². The fraction of sp³-hybridized carbons (Fsp3) is 0.211. The van der Waals surface area contributed by atoms with Gasteiger partial charge in [0.05, 0.1) is 22.5 Å². The molecule has 0 spiro atoms. The van der Waals surface area contributed by atoms with E-state index in [1.54, 1.807) is 31.2 Å². The molecular formula is C19H17N5O5S. The first kappa shape index (κ1) is 20.9. The summed E-state index contributed by atoms with van der Waals surface area (Å²) >= 11 is 1.03. The van der Waals surface area contributed by atoms with Gasteiger partial charge in [0.2, 0.25) is 5.91 Å². The average molecular weight is 427 g/mol. The number of H-pyrrole nitrogens is 1. The number of carbonyl (C=O) groups is 2. The van der Waals surface area contributed by atoms with Crippen LogP contribution in [0.3, 0.4) is 0 Å². The molecule has 0 atom stereocenters. The highest BCUT2D eigenvalue weighted by molar-refractivity contribution is 8.00. The number of ether oxygens (including phenoxy) is 1. The Kier molecular flexibility index (Phi) is 6.71. The van der Waals surface area contributed by atoms with E-state index in [1.807, 2.05) is 12.1 Å². The maximum absolute atomic E-state index is 11.8. The molecule has 0 bridgehead atoms. The number of rotatable bonds is 8. The quantitative estimate of drug-likeness (QED) is 0.279. The van der Waals surface area contributed by atoms with Gasteiger partial charge in [0.1, 0.15) is 24.0 Å². The summed E-state index contributed by atoms with van der Waals surface area (Å²) in [5.74, 6) is -0.468. The lowest BCUT2D eigenvalue weighted by atomic mass is 10.2. The molecule has 0 aliphatic carbocycles. The SMILES string of the molecule is Cc1cc(NC(=O)CSCC(=O)OCC(O)=C(C#N)c2nc3ccccc3[nH]2)no1. The molecule has 0 saturated carbocycles. The van der Waals surface area contributed by atoms with Crippen LogP contribution in [0.15, 0.2) is 40.6 Å². The number of aromatic amines is 1. The van der Waals surface area contributed by atoms with E-state index in [2.05, 4.69) is 20.4 Å². The first-order chi connectivity index (χ1) is 14.5. The second-order valence-electron chi connectivity index (χ2n) is 6.06. The number of imidazole rings is 1. The van der Waals surface area contributed by atoms with E-state index in [9.17, 15) is 20.0 Å². The minimum Gasteiger partial charge on any atom is -0.507 e. The van der Waals surface area contributed by atoms with Gasteiger partial charge < -0.3 is 24.7 Å². The van der Waals surface area contributed by atoms with Crippen molar-refractivity contribution in [3.8, 4) is 6.07 Å². The second-order valence-corrected chi connectivity index (χ2v) is 7.05. The molecule has 0 aliphatic heterocycles. The molecule has 0 fully saturated rings. The number of aliphatic hydroxyl groups is 1. The lowest BCUT2D eigenvalue weighted by Crippen LogP contribution is -2.17. The van der Waals surface area contributed by atoms with Crippen molar-refractivity contribution in [2.75, 3.05) is 23.4 Å². The van der Waals surface area contributed by atoms with Gasteiger partial charge in [0.25, 0.3) is 0 Å². The third-order valence-electron chi connectivity index (χ3n) is 3.74. The molecule has 1 amide bonds. The average Bonchev–Trinajstić information content (AvgIpc) is 3.32. The van der Waals surface area contributed by atoms with Gasteiger partial charge >= 0.3 is 5.97 Å². The zero-order valence-corrected chi connectivity index (χ0v) is 16.7. The normalized spacial score (nSPS) is 11.6. The molecule has 3 aromatic rings. The summed E-state index contributed by atoms with van der Waals surface area (Å²) in [6.07, 6.45) is 0. The molecule has 2 aromatic heterocycles. The Bertz CT molecular complexity index is 1110. The summed E-state index contributed by atoms with van der Waals surface area (Å²) in [5, 5.41) is 25.7. The highest BCUT2D eigenvalue weighted by Gasteiger charge is 2.15. The van der Waals surface area contributed by atoms with E-state index in [0.717, 1.165) is 11.8 Å². The monoisotopic (exact) mass is 427 g/mol. The maximum Gasteiger partial charge on any atom is 0.316 e. The van der Waals surface area contributed by atoms with E-state index in [-0.39, 0.29) is 28.8 Å². The lowest BCUT2D eigenvalue weighted by Gasteiger charge is -2.05. The fourth-order valence-electron chi connectivity index (χ4n) is 2.42. The van der Waals surface area contributed by atoms with Gasteiger partial charge in [-0.3, -0.25) is 9.59 Å². The number of fused-ring (bicyclic) bond motifs is 1. The number of carbonyl (C=O) groups excluding carboxylic acids is 2. The van der Waals surface area contributed by atoms with Gasteiger partial charge in [0, 0.05) is 6.07 Å². The summed E-state index contributed by atoms with van der Waals surface area (Å²) in [4.78, 5) is 30.8. The van der Waals surface area contributed by atoms with Crippen molar-refractivity contribution in [2.24, 2.45) is 0 Å². The number of para-hydroxylation sites is 2. The number of hydrogen-bond acceptors (Lipinski definition) is 9. The van der Waals surface area contributed by atoms with Gasteiger partial charge in [-0.1, -0.05) is 17.3 Å². The van der Waals surface area contributed by atoms with Gasteiger partial charge in [-0.25, -0.2) is 4.98 Å². The van der Waals surface area contributed by atoms with Crippen molar-refractivity contribution < 1.29 is 24.0 Å². The third kappa shape index (κ3) is 5.39. The van der Waals surface area contributed by atoms with Crippen LogP contribution in [0.2, 0.25) is 0 Å². The van der Waals surface area contributed by atoms with Crippen molar-refractivity contribution in [3.05, 3.63) is 47.7 Å². The molecule has 3 rings (SSSR count). The molecule has 30 heavy (non-hydrogen) atoms. The number of hydrogen-bond donors (Lipinski definition) is 3. The summed E-state index contributed by atoms with van der Waals surface area (Å²) in [5.41, 5.74) is 1.23. The number of aryl methyl sites for hydroxylation is 1. The van der Waals surface area contributed by atoms with Crippen molar-refractivity contribution in [2.45, 2.75) is 6.92 Å². The molecule has 10 nitrogen and oxygen atoms in total. The number of amides is 1. The van der Waals surface area contributed by atoms with Crippen LogP contribution in [0, 0.1) is 18.3 Å². The number of aliphatic hydroxyl groups excluding tert-OH is 1. The third-order valence-corrected chi connectivity index (χ3v) is 4.65. The molecule has 0 radical (unpaired) electrons. The molecule has 3 N–H and O–H groups in total. The summed E-state index contributed by atoms with van der Waals surface area (Å²) in [6, 6.07) is 10.6. The number of anilines is 1. The van der Waals surface area contributed by atoms with Crippen LogP contribution < -0.4 is 5.32 Å². The smallest absolute Gasteiger partial charge is 0.316 e. The highest BCUT2D eigenvalue weighted by atomic mass is 32.2. The van der Waals surface area contributed by atoms with Gasteiger partial charge in [-0.2, -0.15) is 5.26 Å². The van der Waals surface area contributed by atoms with Gasteiger partial charge in [-0.15, -0.1) is 11.8 Å². The minimum absolute atomic E-state index is 0.00522. The van der Waals surface area contributed by atoms with Crippen molar-refractivity contribution in [1.29, 1.82) is 5.26 Å².